The molecule has 3 aromatic rings. The van der Waals surface area contributed by atoms with Crippen LogP contribution in [0.5, 0.6) is 0 Å². The van der Waals surface area contributed by atoms with Crippen LogP contribution in [0.1, 0.15) is 27.9 Å². The molecule has 2 amide bonds. The van der Waals surface area contributed by atoms with Crippen LogP contribution in [0.15, 0.2) is 60.9 Å². The third-order valence-corrected chi connectivity index (χ3v) is 5.30. The normalized spacial score (nSPS) is 16.5. The molecule has 0 bridgehead atoms. The van der Waals surface area contributed by atoms with Crippen molar-refractivity contribution in [3.8, 4) is 17.9 Å². The minimum atomic E-state index is -3.11. The molecular weight excluding hydrogens is 426 g/mol. The molecular formula is C25H18F2N4O2. The largest absolute Gasteiger partial charge is 0.343 e. The van der Waals surface area contributed by atoms with Crippen LogP contribution in [0.25, 0.3) is 10.8 Å². The summed E-state index contributed by atoms with van der Waals surface area (Å²) in [5.74, 6) is 1.50. The summed E-state index contributed by atoms with van der Waals surface area (Å²) in [6.45, 7) is -1.34. The molecule has 4 rings (SSSR count). The Labute approximate surface area is 188 Å². The number of carbonyl (C=O) groups is 2. The molecule has 0 saturated carbocycles. The van der Waals surface area contributed by atoms with Gasteiger partial charge in [-0.25, -0.2) is 8.78 Å². The molecule has 1 aliphatic rings. The van der Waals surface area contributed by atoms with Gasteiger partial charge < -0.3 is 10.2 Å². The van der Waals surface area contributed by atoms with E-state index in [1.807, 2.05) is 42.5 Å². The van der Waals surface area contributed by atoms with Gasteiger partial charge in [0.15, 0.2) is 0 Å². The van der Waals surface area contributed by atoms with E-state index in [0.29, 0.717) is 5.56 Å². The predicted octanol–water partition coefficient (Wildman–Crippen LogP) is 3.12. The number of halogens is 2. The van der Waals surface area contributed by atoms with Crippen molar-refractivity contribution >= 4 is 22.6 Å². The average Bonchev–Trinajstić information content (AvgIpc) is 3.15. The van der Waals surface area contributed by atoms with Crippen molar-refractivity contribution in [1.82, 2.24) is 15.2 Å². The third-order valence-electron chi connectivity index (χ3n) is 5.30. The maximum Gasteiger partial charge on any atom is 0.268 e. The minimum Gasteiger partial charge on any atom is -0.343 e. The van der Waals surface area contributed by atoms with Gasteiger partial charge in [-0.3, -0.25) is 14.6 Å². The Kier molecular flexibility index (Phi) is 6.01. The number of benzene rings is 2. The van der Waals surface area contributed by atoms with Gasteiger partial charge in [0.2, 0.25) is 5.91 Å². The SMILES string of the molecule is N#C[C@@H]1CC(F)(F)CN1C(=O)CNC(=O)c1ccncc1C#Cc1ccc2ccccc2c1. The molecule has 0 unspecified atom stereocenters. The molecule has 1 N–H and O–H groups in total. The van der Waals surface area contributed by atoms with Crippen LogP contribution in [0.3, 0.4) is 0 Å². The van der Waals surface area contributed by atoms with E-state index < -0.39 is 43.3 Å². The number of nitrogens with zero attached hydrogens (tertiary/aromatic N) is 3. The van der Waals surface area contributed by atoms with Gasteiger partial charge in [-0.1, -0.05) is 42.2 Å². The molecule has 33 heavy (non-hydrogen) atoms. The standard InChI is InChI=1S/C25H18F2N4O2/c26-25(27)12-21(13-28)31(16-25)23(32)15-30-24(33)22-9-10-29-14-20(22)8-6-17-5-7-18-3-1-2-4-19(18)11-17/h1-5,7,9-11,14,21H,12,15-16H2,(H,30,33)/t21-/m0/s1. The first kappa shape index (κ1) is 21.9. The first-order valence-corrected chi connectivity index (χ1v) is 10.2. The Balaban J connectivity index is 1.47. The molecule has 1 atom stereocenters. The number of nitriles is 1. The Hall–Kier alpha value is -4.30. The molecule has 6 nitrogen and oxygen atoms in total. The Bertz CT molecular complexity index is 1340. The lowest BCUT2D eigenvalue weighted by atomic mass is 10.1. The van der Waals surface area contributed by atoms with E-state index in [1.165, 1.54) is 18.5 Å². The Morgan fingerprint density at radius 1 is 1.15 bits per heavy atom. The van der Waals surface area contributed by atoms with Gasteiger partial charge in [0.1, 0.15) is 6.04 Å². The smallest absolute Gasteiger partial charge is 0.268 e. The molecule has 1 aromatic heterocycles. The zero-order valence-corrected chi connectivity index (χ0v) is 17.4. The first-order valence-electron chi connectivity index (χ1n) is 10.2. The fraction of sp³-hybridized carbons (Fsp3) is 0.200. The number of likely N-dealkylation sites (tertiary alicyclic amines) is 1. The molecule has 0 radical (unpaired) electrons. The quantitative estimate of drug-likeness (QED) is 0.629. The zero-order chi connectivity index (χ0) is 23.4. The summed E-state index contributed by atoms with van der Waals surface area (Å²) in [5.41, 5.74) is 1.32. The minimum absolute atomic E-state index is 0.203. The first-order chi connectivity index (χ1) is 15.9. The topological polar surface area (TPSA) is 86.1 Å². The molecule has 164 valence electrons. The van der Waals surface area contributed by atoms with Crippen molar-refractivity contribution in [2.24, 2.45) is 0 Å². The second-order valence-electron chi connectivity index (χ2n) is 7.64. The van der Waals surface area contributed by atoms with E-state index in [4.69, 9.17) is 5.26 Å². The molecule has 1 saturated heterocycles. The highest BCUT2D eigenvalue weighted by Gasteiger charge is 2.47. The van der Waals surface area contributed by atoms with E-state index in [9.17, 15) is 18.4 Å². The number of aromatic nitrogens is 1. The van der Waals surface area contributed by atoms with Crippen LogP contribution in [0, 0.1) is 23.2 Å². The van der Waals surface area contributed by atoms with Crippen molar-refractivity contribution in [2.45, 2.75) is 18.4 Å². The maximum absolute atomic E-state index is 13.6. The van der Waals surface area contributed by atoms with E-state index in [-0.39, 0.29) is 5.56 Å². The number of carbonyl (C=O) groups excluding carboxylic acids is 2. The monoisotopic (exact) mass is 444 g/mol. The fourth-order valence-electron chi connectivity index (χ4n) is 3.65. The van der Waals surface area contributed by atoms with Crippen LogP contribution < -0.4 is 5.32 Å². The summed E-state index contributed by atoms with van der Waals surface area (Å²) >= 11 is 0. The summed E-state index contributed by atoms with van der Waals surface area (Å²) in [4.78, 5) is 29.8. The lowest BCUT2D eigenvalue weighted by molar-refractivity contribution is -0.131. The number of rotatable bonds is 3. The fourth-order valence-corrected chi connectivity index (χ4v) is 3.65. The van der Waals surface area contributed by atoms with Gasteiger partial charge in [-0.15, -0.1) is 0 Å². The van der Waals surface area contributed by atoms with Gasteiger partial charge in [0, 0.05) is 24.4 Å². The van der Waals surface area contributed by atoms with E-state index in [1.54, 1.807) is 6.07 Å². The highest BCUT2D eigenvalue weighted by molar-refractivity contribution is 5.98. The number of pyridine rings is 1. The van der Waals surface area contributed by atoms with Crippen LogP contribution in [0.2, 0.25) is 0 Å². The van der Waals surface area contributed by atoms with Crippen molar-refractivity contribution in [2.75, 3.05) is 13.1 Å². The predicted molar refractivity (Wildman–Crippen MR) is 117 cm³/mol. The number of fused-ring (bicyclic) bond motifs is 1. The second kappa shape index (κ2) is 9.05. The lowest BCUT2D eigenvalue weighted by Gasteiger charge is -2.19. The van der Waals surface area contributed by atoms with Gasteiger partial charge in [-0.2, -0.15) is 5.26 Å². The third kappa shape index (κ3) is 4.97. The molecule has 2 heterocycles. The molecule has 2 aromatic carbocycles. The van der Waals surface area contributed by atoms with Crippen molar-refractivity contribution in [1.29, 1.82) is 5.26 Å². The summed E-state index contributed by atoms with van der Waals surface area (Å²) in [7, 11) is 0. The summed E-state index contributed by atoms with van der Waals surface area (Å²) in [6, 6.07) is 15.6. The lowest BCUT2D eigenvalue weighted by Crippen LogP contribution is -2.43. The molecule has 0 spiro atoms. The maximum atomic E-state index is 13.6. The number of amides is 2. The highest BCUT2D eigenvalue weighted by Crippen LogP contribution is 2.31. The molecule has 1 fully saturated rings. The van der Waals surface area contributed by atoms with Crippen molar-refractivity contribution in [3.05, 3.63) is 77.6 Å². The highest BCUT2D eigenvalue weighted by atomic mass is 19.3. The summed E-state index contributed by atoms with van der Waals surface area (Å²) < 4.78 is 27.1. The van der Waals surface area contributed by atoms with Crippen molar-refractivity contribution in [3.63, 3.8) is 0 Å². The number of hydrogen-bond acceptors (Lipinski definition) is 4. The van der Waals surface area contributed by atoms with Crippen LogP contribution in [-0.4, -0.2) is 46.8 Å². The molecule has 8 heteroatoms. The van der Waals surface area contributed by atoms with E-state index in [2.05, 4.69) is 22.1 Å². The van der Waals surface area contributed by atoms with E-state index >= 15 is 0 Å². The van der Waals surface area contributed by atoms with Crippen LogP contribution in [-0.2, 0) is 4.79 Å². The summed E-state index contributed by atoms with van der Waals surface area (Å²) in [6.07, 6.45) is 2.16. The van der Waals surface area contributed by atoms with Crippen LogP contribution >= 0.6 is 0 Å². The van der Waals surface area contributed by atoms with Gasteiger partial charge in [-0.05, 0) is 29.0 Å². The molecule has 1 aliphatic heterocycles. The van der Waals surface area contributed by atoms with Gasteiger partial charge in [0.05, 0.1) is 30.3 Å². The van der Waals surface area contributed by atoms with E-state index in [0.717, 1.165) is 21.2 Å². The second-order valence-corrected chi connectivity index (χ2v) is 7.64. The molecule has 0 aliphatic carbocycles. The number of alkyl halides is 2. The zero-order valence-electron chi connectivity index (χ0n) is 17.4. The Morgan fingerprint density at radius 3 is 2.73 bits per heavy atom. The Morgan fingerprint density at radius 2 is 1.94 bits per heavy atom. The summed E-state index contributed by atoms with van der Waals surface area (Å²) in [5, 5.41) is 13.6. The van der Waals surface area contributed by atoms with Crippen molar-refractivity contribution < 1.29 is 18.4 Å². The van der Waals surface area contributed by atoms with Crippen LogP contribution in [0.4, 0.5) is 8.78 Å². The number of nitrogens with one attached hydrogen (secondary N) is 1. The average molecular weight is 444 g/mol. The van der Waals surface area contributed by atoms with Gasteiger partial charge in [0.25, 0.3) is 11.8 Å². The number of hydrogen-bond donors (Lipinski definition) is 1. The van der Waals surface area contributed by atoms with Gasteiger partial charge >= 0.3 is 0 Å².